The summed E-state index contributed by atoms with van der Waals surface area (Å²) in [6.45, 7) is 6.62. The van der Waals surface area contributed by atoms with Crippen LogP contribution in [0.15, 0.2) is 30.3 Å². The third kappa shape index (κ3) is 5.54. The van der Waals surface area contributed by atoms with Gasteiger partial charge in [0.05, 0.1) is 11.5 Å². The summed E-state index contributed by atoms with van der Waals surface area (Å²) in [5.74, 6) is -0.469. The molecule has 1 aromatic rings. The maximum absolute atomic E-state index is 12.6. The molecule has 1 saturated heterocycles. The number of carbonyl (C=O) groups is 2. The van der Waals surface area contributed by atoms with Gasteiger partial charge in [0.25, 0.3) is 0 Å². The van der Waals surface area contributed by atoms with Crippen LogP contribution in [0.5, 0.6) is 0 Å². The molecule has 1 aromatic carbocycles. The topological polar surface area (TPSA) is 89.9 Å². The quantitative estimate of drug-likeness (QED) is 0.642. The maximum atomic E-state index is 12.6. The van der Waals surface area contributed by atoms with Crippen molar-refractivity contribution in [2.24, 2.45) is 5.92 Å². The van der Waals surface area contributed by atoms with Gasteiger partial charge in [-0.3, -0.25) is 9.59 Å². The van der Waals surface area contributed by atoms with Crippen LogP contribution in [0.1, 0.15) is 45.6 Å². The van der Waals surface area contributed by atoms with Crippen molar-refractivity contribution in [3.63, 3.8) is 0 Å². The van der Waals surface area contributed by atoms with Gasteiger partial charge in [-0.2, -0.15) is 0 Å². The van der Waals surface area contributed by atoms with Gasteiger partial charge in [0.1, 0.15) is 0 Å². The molecule has 2 rings (SSSR count). The molecule has 6 nitrogen and oxygen atoms in total. The Morgan fingerprint density at radius 2 is 1.85 bits per heavy atom. The Morgan fingerprint density at radius 3 is 2.35 bits per heavy atom. The fraction of sp³-hybridized carbons (Fsp3) is 0.600. The average molecular weight is 364 g/mol. The molecule has 1 aliphatic heterocycles. The summed E-state index contributed by atoms with van der Waals surface area (Å²) in [7, 11) is 0. The Morgan fingerprint density at radius 1 is 1.27 bits per heavy atom. The predicted molar refractivity (Wildman–Crippen MR) is 101 cm³/mol. The van der Waals surface area contributed by atoms with Gasteiger partial charge < -0.3 is 20.4 Å². The lowest BCUT2D eigenvalue weighted by atomic mass is 9.84. The molecule has 6 heteroatoms. The van der Waals surface area contributed by atoms with Crippen molar-refractivity contribution >= 4 is 12.3 Å². The van der Waals surface area contributed by atoms with Crippen molar-refractivity contribution in [2.45, 2.75) is 51.7 Å². The number of hydrogen-bond acceptors (Lipinski definition) is 4. The van der Waals surface area contributed by atoms with Crippen molar-refractivity contribution in [1.29, 1.82) is 0 Å². The zero-order valence-electron chi connectivity index (χ0n) is 16.0. The molecule has 1 aliphatic rings. The second-order valence-electron chi connectivity index (χ2n) is 6.41. The lowest BCUT2D eigenvalue weighted by Crippen LogP contribution is -2.50. The summed E-state index contributed by atoms with van der Waals surface area (Å²) < 4.78 is 0. The first kappa shape index (κ1) is 22.1. The molecule has 0 radical (unpaired) electrons. The van der Waals surface area contributed by atoms with E-state index in [1.165, 1.54) is 0 Å². The third-order valence-corrected chi connectivity index (χ3v) is 4.93. The molecule has 146 valence electrons. The molecule has 0 aliphatic carbocycles. The standard InChI is InChI=1S/C18H26N2O4.C2H6/c1-14(16(7-12-21)19-13-22)17(23)20-10-8-18(24,9-11-20)15-5-3-2-4-6-15;1-2/h2-6,13-14,16,21,24H,7-12H2,1H3,(H,19,22);1-2H3. The van der Waals surface area contributed by atoms with E-state index in [1.54, 1.807) is 11.8 Å². The van der Waals surface area contributed by atoms with Crippen LogP contribution in [0.3, 0.4) is 0 Å². The zero-order chi connectivity index (χ0) is 19.6. The predicted octanol–water partition coefficient (Wildman–Crippen LogP) is 1.66. The van der Waals surface area contributed by atoms with Gasteiger partial charge in [-0.1, -0.05) is 51.1 Å². The molecular weight excluding hydrogens is 332 g/mol. The number of piperidine rings is 1. The van der Waals surface area contributed by atoms with Crippen LogP contribution in [-0.2, 0) is 15.2 Å². The maximum Gasteiger partial charge on any atom is 0.227 e. The SMILES string of the molecule is CC.CC(C(=O)N1CCC(O)(c2ccccc2)CC1)C(CCO)NC=O. The zero-order valence-corrected chi connectivity index (χ0v) is 16.0. The van der Waals surface area contributed by atoms with Gasteiger partial charge in [0.2, 0.25) is 12.3 Å². The number of benzene rings is 1. The Labute approximate surface area is 156 Å². The summed E-state index contributed by atoms with van der Waals surface area (Å²) in [5.41, 5.74) is -0.0155. The van der Waals surface area contributed by atoms with Crippen LogP contribution in [0.4, 0.5) is 0 Å². The van der Waals surface area contributed by atoms with E-state index in [-0.39, 0.29) is 18.6 Å². The monoisotopic (exact) mass is 364 g/mol. The summed E-state index contributed by atoms with van der Waals surface area (Å²) in [6, 6.07) is 9.15. The third-order valence-electron chi connectivity index (χ3n) is 4.93. The van der Waals surface area contributed by atoms with Gasteiger partial charge in [-0.25, -0.2) is 0 Å². The number of aliphatic hydroxyl groups is 2. The van der Waals surface area contributed by atoms with Gasteiger partial charge >= 0.3 is 0 Å². The van der Waals surface area contributed by atoms with E-state index in [0.29, 0.717) is 38.8 Å². The van der Waals surface area contributed by atoms with E-state index in [2.05, 4.69) is 5.32 Å². The highest BCUT2D eigenvalue weighted by atomic mass is 16.3. The number of nitrogens with one attached hydrogen (secondary N) is 1. The lowest BCUT2D eigenvalue weighted by Gasteiger charge is -2.40. The summed E-state index contributed by atoms with van der Waals surface area (Å²) in [6.07, 6.45) is 1.88. The average Bonchev–Trinajstić information content (AvgIpc) is 2.69. The van der Waals surface area contributed by atoms with E-state index < -0.39 is 11.5 Å². The highest BCUT2D eigenvalue weighted by Gasteiger charge is 2.37. The normalized spacial score (nSPS) is 18.1. The molecule has 0 aromatic heterocycles. The molecule has 0 saturated carbocycles. The van der Waals surface area contributed by atoms with Crippen LogP contribution in [-0.4, -0.2) is 53.2 Å². The van der Waals surface area contributed by atoms with Gasteiger partial charge in [-0.05, 0) is 24.8 Å². The molecule has 1 heterocycles. The van der Waals surface area contributed by atoms with Crippen LogP contribution in [0, 0.1) is 5.92 Å². The van der Waals surface area contributed by atoms with E-state index >= 15 is 0 Å². The Hall–Kier alpha value is -1.92. The number of rotatable bonds is 7. The molecule has 0 bridgehead atoms. The highest BCUT2D eigenvalue weighted by molar-refractivity contribution is 5.79. The molecule has 2 amide bonds. The van der Waals surface area contributed by atoms with Crippen molar-refractivity contribution in [3.8, 4) is 0 Å². The number of carbonyl (C=O) groups excluding carboxylic acids is 2. The Kier molecular flexibility index (Phi) is 9.30. The molecule has 2 unspecified atom stereocenters. The highest BCUT2D eigenvalue weighted by Crippen LogP contribution is 2.33. The number of amides is 2. The van der Waals surface area contributed by atoms with E-state index in [0.717, 1.165) is 5.56 Å². The second kappa shape index (κ2) is 10.9. The first-order valence-corrected chi connectivity index (χ1v) is 9.39. The Balaban J connectivity index is 0.00000163. The number of hydrogen-bond donors (Lipinski definition) is 3. The molecule has 3 N–H and O–H groups in total. The molecule has 0 spiro atoms. The molecule has 26 heavy (non-hydrogen) atoms. The minimum absolute atomic E-state index is 0.0575. The van der Waals surface area contributed by atoms with Crippen LogP contribution >= 0.6 is 0 Å². The van der Waals surface area contributed by atoms with E-state index in [4.69, 9.17) is 5.11 Å². The van der Waals surface area contributed by atoms with Gasteiger partial charge in [-0.15, -0.1) is 0 Å². The summed E-state index contributed by atoms with van der Waals surface area (Å²) >= 11 is 0. The van der Waals surface area contributed by atoms with Crippen LogP contribution in [0.25, 0.3) is 0 Å². The fourth-order valence-electron chi connectivity index (χ4n) is 3.30. The van der Waals surface area contributed by atoms with Crippen molar-refractivity contribution in [1.82, 2.24) is 10.2 Å². The van der Waals surface area contributed by atoms with Gasteiger partial charge in [0, 0.05) is 25.7 Å². The first-order valence-electron chi connectivity index (χ1n) is 9.39. The minimum atomic E-state index is -0.896. The van der Waals surface area contributed by atoms with Gasteiger partial charge in [0.15, 0.2) is 0 Å². The lowest BCUT2D eigenvalue weighted by molar-refractivity contribution is -0.140. The number of likely N-dealkylation sites (tertiary alicyclic amines) is 1. The second-order valence-corrected chi connectivity index (χ2v) is 6.41. The van der Waals surface area contributed by atoms with Crippen molar-refractivity contribution < 1.29 is 19.8 Å². The minimum Gasteiger partial charge on any atom is -0.396 e. The molecular formula is C20H32N2O4. The number of aliphatic hydroxyl groups excluding tert-OH is 1. The smallest absolute Gasteiger partial charge is 0.227 e. The van der Waals surface area contributed by atoms with Crippen LogP contribution < -0.4 is 5.32 Å². The van der Waals surface area contributed by atoms with E-state index in [9.17, 15) is 14.7 Å². The number of nitrogens with zero attached hydrogens (tertiary/aromatic N) is 1. The first-order chi connectivity index (χ1) is 12.5. The summed E-state index contributed by atoms with van der Waals surface area (Å²) in [5, 5.41) is 22.5. The molecule has 2 atom stereocenters. The fourth-order valence-corrected chi connectivity index (χ4v) is 3.30. The largest absolute Gasteiger partial charge is 0.396 e. The Bertz CT molecular complexity index is 542. The summed E-state index contributed by atoms with van der Waals surface area (Å²) in [4.78, 5) is 25.1. The van der Waals surface area contributed by atoms with Crippen molar-refractivity contribution in [2.75, 3.05) is 19.7 Å². The van der Waals surface area contributed by atoms with E-state index in [1.807, 2.05) is 44.2 Å². The molecule has 1 fully saturated rings. The van der Waals surface area contributed by atoms with Crippen LogP contribution in [0.2, 0.25) is 0 Å². The van der Waals surface area contributed by atoms with Crippen molar-refractivity contribution in [3.05, 3.63) is 35.9 Å².